The van der Waals surface area contributed by atoms with Crippen LogP contribution >= 0.6 is 0 Å². The van der Waals surface area contributed by atoms with Crippen molar-refractivity contribution in [3.05, 3.63) is 174 Å². The number of rotatable bonds is 3. The van der Waals surface area contributed by atoms with Crippen LogP contribution in [0.4, 0.5) is 28.4 Å². The quantitative estimate of drug-likeness (QED) is 0.261. The van der Waals surface area contributed by atoms with Crippen LogP contribution in [-0.4, -0.2) is 0 Å². The second-order valence-corrected chi connectivity index (χ2v) is 10.3. The molecule has 0 bridgehead atoms. The maximum atomic E-state index is 3.64. The van der Waals surface area contributed by atoms with Gasteiger partial charge in [0.2, 0.25) is 0 Å². The standard InChI is InChI=1S/C37H26N2/c1-3-13-26(14-4-1)38-27-23-24-34-36(25-27)39(28-15-5-2-6-16-28)35-22-12-11-21-33(35)37(34)31-19-9-7-17-29(31)30-18-8-10-20-32(30)37/h1-25,38H. The maximum absolute atomic E-state index is 3.64. The summed E-state index contributed by atoms with van der Waals surface area (Å²) in [6, 6.07) is 54.8. The zero-order valence-corrected chi connectivity index (χ0v) is 21.4. The first kappa shape index (κ1) is 22.0. The number of hydrogen-bond donors (Lipinski definition) is 1. The Morgan fingerprint density at radius 1 is 0.410 bits per heavy atom. The average molecular weight is 499 g/mol. The highest BCUT2D eigenvalue weighted by atomic mass is 15.2. The number of benzene rings is 6. The Hall–Kier alpha value is -5.08. The fourth-order valence-corrected chi connectivity index (χ4v) is 6.73. The van der Waals surface area contributed by atoms with Crippen LogP contribution in [0.25, 0.3) is 11.1 Å². The molecule has 2 nitrogen and oxygen atoms in total. The van der Waals surface area contributed by atoms with Gasteiger partial charge in [-0.05, 0) is 75.8 Å². The molecule has 1 heterocycles. The minimum atomic E-state index is -0.407. The highest BCUT2D eigenvalue weighted by molar-refractivity contribution is 5.96. The van der Waals surface area contributed by atoms with Crippen LogP contribution in [0, 0.1) is 0 Å². The van der Waals surface area contributed by atoms with Crippen molar-refractivity contribution in [2.75, 3.05) is 10.2 Å². The molecular formula is C37H26N2. The molecule has 1 aliphatic heterocycles. The molecule has 6 aromatic rings. The summed E-state index contributed by atoms with van der Waals surface area (Å²) in [4.78, 5) is 2.43. The Morgan fingerprint density at radius 3 is 1.64 bits per heavy atom. The minimum Gasteiger partial charge on any atom is -0.355 e. The summed E-state index contributed by atoms with van der Waals surface area (Å²) in [5.74, 6) is 0. The normalized spacial score (nSPS) is 13.8. The van der Waals surface area contributed by atoms with Crippen LogP contribution in [0.5, 0.6) is 0 Å². The smallest absolute Gasteiger partial charge is 0.0754 e. The number of hydrogen-bond acceptors (Lipinski definition) is 2. The van der Waals surface area contributed by atoms with Crippen molar-refractivity contribution in [2.24, 2.45) is 0 Å². The van der Waals surface area contributed by atoms with Crippen molar-refractivity contribution in [1.82, 2.24) is 0 Å². The maximum Gasteiger partial charge on any atom is 0.0754 e. The Labute approximate surface area is 228 Å². The first-order valence-corrected chi connectivity index (χ1v) is 13.5. The van der Waals surface area contributed by atoms with Gasteiger partial charge in [-0.3, -0.25) is 0 Å². The second-order valence-electron chi connectivity index (χ2n) is 10.3. The molecule has 0 unspecified atom stereocenters. The van der Waals surface area contributed by atoms with Gasteiger partial charge in [-0.25, -0.2) is 0 Å². The lowest BCUT2D eigenvalue weighted by atomic mass is 9.64. The van der Waals surface area contributed by atoms with Crippen LogP contribution in [-0.2, 0) is 5.41 Å². The second kappa shape index (κ2) is 8.47. The van der Waals surface area contributed by atoms with Gasteiger partial charge in [0, 0.05) is 17.1 Å². The minimum absolute atomic E-state index is 0.407. The average Bonchev–Trinajstić information content (AvgIpc) is 3.29. The molecule has 8 rings (SSSR count). The van der Waals surface area contributed by atoms with Gasteiger partial charge in [0.1, 0.15) is 0 Å². The van der Waals surface area contributed by atoms with E-state index in [9.17, 15) is 0 Å². The van der Waals surface area contributed by atoms with Gasteiger partial charge in [0.05, 0.1) is 16.8 Å². The van der Waals surface area contributed by atoms with E-state index in [4.69, 9.17) is 0 Å². The fraction of sp³-hybridized carbons (Fsp3) is 0.0270. The van der Waals surface area contributed by atoms with Gasteiger partial charge in [0.15, 0.2) is 0 Å². The monoisotopic (exact) mass is 498 g/mol. The Kier molecular flexibility index (Phi) is 4.77. The van der Waals surface area contributed by atoms with Crippen LogP contribution in [0.1, 0.15) is 22.3 Å². The van der Waals surface area contributed by atoms with E-state index in [1.807, 2.05) is 6.07 Å². The van der Waals surface area contributed by atoms with Gasteiger partial charge in [-0.15, -0.1) is 0 Å². The van der Waals surface area contributed by atoms with Gasteiger partial charge >= 0.3 is 0 Å². The van der Waals surface area contributed by atoms with Gasteiger partial charge in [0.25, 0.3) is 0 Å². The third-order valence-electron chi connectivity index (χ3n) is 8.22. The third-order valence-corrected chi connectivity index (χ3v) is 8.22. The fourth-order valence-electron chi connectivity index (χ4n) is 6.73. The molecule has 0 atom stereocenters. The largest absolute Gasteiger partial charge is 0.355 e. The van der Waals surface area contributed by atoms with Crippen molar-refractivity contribution >= 4 is 28.4 Å². The van der Waals surface area contributed by atoms with E-state index >= 15 is 0 Å². The molecule has 0 amide bonds. The van der Waals surface area contributed by atoms with E-state index in [1.165, 1.54) is 44.8 Å². The predicted octanol–water partition coefficient (Wildman–Crippen LogP) is 9.58. The SMILES string of the molecule is c1ccc(Nc2ccc3c(c2)N(c2ccccc2)c2ccccc2C32c3ccccc3-c3ccccc32)cc1. The molecule has 2 aliphatic rings. The Balaban J connectivity index is 1.47. The van der Waals surface area contributed by atoms with E-state index in [1.54, 1.807) is 0 Å². The zero-order chi connectivity index (χ0) is 25.8. The summed E-state index contributed by atoms with van der Waals surface area (Å²) in [5, 5.41) is 3.64. The summed E-state index contributed by atoms with van der Waals surface area (Å²) in [5.41, 5.74) is 13.2. The van der Waals surface area contributed by atoms with Gasteiger partial charge in [-0.1, -0.05) is 109 Å². The summed E-state index contributed by atoms with van der Waals surface area (Å²) in [7, 11) is 0. The molecule has 0 fully saturated rings. The molecule has 39 heavy (non-hydrogen) atoms. The highest BCUT2D eigenvalue weighted by Crippen LogP contribution is 2.63. The zero-order valence-electron chi connectivity index (χ0n) is 21.4. The predicted molar refractivity (Wildman–Crippen MR) is 162 cm³/mol. The van der Waals surface area contributed by atoms with E-state index in [-0.39, 0.29) is 0 Å². The molecule has 1 spiro atoms. The lowest BCUT2D eigenvalue weighted by Crippen LogP contribution is -2.36. The lowest BCUT2D eigenvalue weighted by Gasteiger charge is -2.45. The molecule has 0 radical (unpaired) electrons. The molecule has 6 aromatic carbocycles. The van der Waals surface area contributed by atoms with E-state index < -0.39 is 5.41 Å². The van der Waals surface area contributed by atoms with E-state index in [0.717, 1.165) is 17.1 Å². The number of nitrogens with one attached hydrogen (secondary N) is 1. The Morgan fingerprint density at radius 2 is 0.949 bits per heavy atom. The molecule has 0 aromatic heterocycles. The van der Waals surface area contributed by atoms with Crippen LogP contribution in [0.2, 0.25) is 0 Å². The van der Waals surface area contributed by atoms with Crippen molar-refractivity contribution < 1.29 is 0 Å². The topological polar surface area (TPSA) is 15.3 Å². The van der Waals surface area contributed by atoms with Crippen molar-refractivity contribution in [2.45, 2.75) is 5.41 Å². The molecular weight excluding hydrogens is 472 g/mol. The molecule has 1 N–H and O–H groups in total. The first-order chi connectivity index (χ1) is 19.4. The number of anilines is 5. The molecule has 2 heteroatoms. The molecule has 1 aliphatic carbocycles. The summed E-state index contributed by atoms with van der Waals surface area (Å²) < 4.78 is 0. The summed E-state index contributed by atoms with van der Waals surface area (Å²) in [6.07, 6.45) is 0. The van der Waals surface area contributed by atoms with Crippen molar-refractivity contribution in [3.8, 4) is 11.1 Å². The summed E-state index contributed by atoms with van der Waals surface area (Å²) >= 11 is 0. The van der Waals surface area contributed by atoms with Crippen LogP contribution in [0.3, 0.4) is 0 Å². The van der Waals surface area contributed by atoms with E-state index in [2.05, 4.69) is 156 Å². The highest BCUT2D eigenvalue weighted by Gasteiger charge is 2.51. The Bertz CT molecular complexity index is 1790. The number of fused-ring (bicyclic) bond motifs is 9. The number of para-hydroxylation sites is 3. The van der Waals surface area contributed by atoms with Gasteiger partial charge < -0.3 is 10.2 Å². The van der Waals surface area contributed by atoms with Crippen molar-refractivity contribution in [3.63, 3.8) is 0 Å². The molecule has 0 saturated heterocycles. The summed E-state index contributed by atoms with van der Waals surface area (Å²) in [6.45, 7) is 0. The van der Waals surface area contributed by atoms with Crippen LogP contribution in [0.15, 0.2) is 152 Å². The lowest BCUT2D eigenvalue weighted by molar-refractivity contribution is 0.753. The van der Waals surface area contributed by atoms with E-state index in [0.29, 0.717) is 0 Å². The number of nitrogens with zero attached hydrogens (tertiary/aromatic N) is 1. The molecule has 184 valence electrons. The van der Waals surface area contributed by atoms with Gasteiger partial charge in [-0.2, -0.15) is 0 Å². The third kappa shape index (κ3) is 3.09. The van der Waals surface area contributed by atoms with Crippen molar-refractivity contribution in [1.29, 1.82) is 0 Å². The molecule has 0 saturated carbocycles. The first-order valence-electron chi connectivity index (χ1n) is 13.5. The van der Waals surface area contributed by atoms with Crippen LogP contribution < -0.4 is 10.2 Å².